The van der Waals surface area contributed by atoms with Crippen LogP contribution in [-0.2, 0) is 9.59 Å². The van der Waals surface area contributed by atoms with E-state index in [1.165, 1.54) is 0 Å². The van der Waals surface area contributed by atoms with Gasteiger partial charge < -0.3 is 30.0 Å². The highest BCUT2D eigenvalue weighted by atomic mass is 16.4. The van der Waals surface area contributed by atoms with Crippen LogP contribution in [0.15, 0.2) is 11.9 Å². The predicted molar refractivity (Wildman–Crippen MR) is 112 cm³/mol. The molecule has 2 saturated heterocycles. The first-order chi connectivity index (χ1) is 14.0. The molecular formula is C21H35N5O4. The Balaban J connectivity index is 1.53. The molecule has 0 saturated carbocycles. The summed E-state index contributed by atoms with van der Waals surface area (Å²) < 4.78 is 0. The smallest absolute Gasteiger partial charge is 0.405 e. The van der Waals surface area contributed by atoms with Crippen molar-refractivity contribution in [2.24, 2.45) is 5.41 Å². The fourth-order valence-electron chi connectivity index (χ4n) is 4.53. The molecule has 0 aliphatic carbocycles. The zero-order valence-corrected chi connectivity index (χ0v) is 18.6. The molecule has 0 radical (unpaired) electrons. The molecule has 0 aromatic carbocycles. The Morgan fingerprint density at radius 1 is 1.23 bits per heavy atom. The maximum atomic E-state index is 13.0. The third-order valence-electron chi connectivity index (χ3n) is 6.11. The van der Waals surface area contributed by atoms with E-state index in [1.807, 2.05) is 23.0 Å². The Kier molecular flexibility index (Phi) is 6.47. The van der Waals surface area contributed by atoms with Crippen molar-refractivity contribution in [3.63, 3.8) is 0 Å². The molecule has 9 heteroatoms. The van der Waals surface area contributed by atoms with Crippen LogP contribution in [0.5, 0.6) is 0 Å². The summed E-state index contributed by atoms with van der Waals surface area (Å²) in [7, 11) is 1.95. The maximum absolute atomic E-state index is 13.0. The van der Waals surface area contributed by atoms with Gasteiger partial charge >= 0.3 is 6.09 Å². The summed E-state index contributed by atoms with van der Waals surface area (Å²) >= 11 is 0. The second-order valence-electron chi connectivity index (χ2n) is 9.88. The number of nitrogens with one attached hydrogen (secondary N) is 1. The van der Waals surface area contributed by atoms with E-state index in [1.54, 1.807) is 4.90 Å². The zero-order valence-electron chi connectivity index (χ0n) is 18.6. The second-order valence-corrected chi connectivity index (χ2v) is 9.88. The molecule has 0 unspecified atom stereocenters. The number of carbonyl (C=O) groups excluding carboxylic acids is 2. The van der Waals surface area contributed by atoms with Gasteiger partial charge in [-0.05, 0) is 31.1 Å². The summed E-state index contributed by atoms with van der Waals surface area (Å²) in [6, 6.07) is -0.592. The average molecular weight is 422 g/mol. The van der Waals surface area contributed by atoms with Crippen molar-refractivity contribution < 1.29 is 19.5 Å². The molecule has 3 amide bonds. The van der Waals surface area contributed by atoms with Crippen LogP contribution in [-0.4, -0.2) is 88.2 Å². The van der Waals surface area contributed by atoms with E-state index >= 15 is 0 Å². The van der Waals surface area contributed by atoms with Gasteiger partial charge in [0.25, 0.3) is 5.91 Å². The topological polar surface area (TPSA) is 96.4 Å². The van der Waals surface area contributed by atoms with E-state index in [-0.39, 0.29) is 23.3 Å². The molecule has 2 N–H and O–H groups in total. The SMILES string of the molecule is CN1C=C2C(=O)N(C3CCN(C(=O)[C@@H](CCCC(C)(C)C)NC(=O)O)CC3)CN2C1. The van der Waals surface area contributed by atoms with Gasteiger partial charge in [-0.15, -0.1) is 0 Å². The lowest BCUT2D eigenvalue weighted by molar-refractivity contribution is -0.136. The number of fused-ring (bicyclic) bond motifs is 1. The summed E-state index contributed by atoms with van der Waals surface area (Å²) in [5.74, 6) is -0.0841. The third kappa shape index (κ3) is 5.17. The van der Waals surface area contributed by atoms with Crippen molar-refractivity contribution in [1.29, 1.82) is 0 Å². The van der Waals surface area contributed by atoms with E-state index in [9.17, 15) is 14.4 Å². The van der Waals surface area contributed by atoms with Crippen molar-refractivity contribution >= 4 is 17.9 Å². The molecule has 0 bridgehead atoms. The highest BCUT2D eigenvalue weighted by Gasteiger charge is 2.41. The maximum Gasteiger partial charge on any atom is 0.405 e. The number of nitrogens with zero attached hydrogens (tertiary/aromatic N) is 4. The van der Waals surface area contributed by atoms with Crippen LogP contribution in [0.3, 0.4) is 0 Å². The number of hydrogen-bond acceptors (Lipinski definition) is 5. The van der Waals surface area contributed by atoms with Crippen LogP contribution < -0.4 is 5.32 Å². The molecule has 30 heavy (non-hydrogen) atoms. The monoisotopic (exact) mass is 421 g/mol. The van der Waals surface area contributed by atoms with Gasteiger partial charge in [-0.1, -0.05) is 27.2 Å². The first kappa shape index (κ1) is 22.2. The highest BCUT2D eigenvalue weighted by Crippen LogP contribution is 2.29. The largest absolute Gasteiger partial charge is 0.465 e. The van der Waals surface area contributed by atoms with Crippen LogP contribution in [0, 0.1) is 5.41 Å². The molecule has 3 rings (SSSR count). The number of likely N-dealkylation sites (tertiary alicyclic amines) is 1. The minimum absolute atomic E-state index is 0.0664. The van der Waals surface area contributed by atoms with Crippen LogP contribution in [0.25, 0.3) is 0 Å². The Labute approximate surface area is 178 Å². The van der Waals surface area contributed by atoms with Gasteiger partial charge in [0.1, 0.15) is 11.7 Å². The molecule has 0 aromatic rings. The second kappa shape index (κ2) is 8.73. The standard InChI is InChI=1S/C21H35N5O4/c1-21(2,3)9-5-6-16(22-20(29)30)18(27)24-10-7-15(8-11-24)26-14-25-13-23(4)12-17(25)19(26)28/h12,15-16,22H,5-11,13-14H2,1-4H3,(H,29,30)/t16-/m1/s1. The van der Waals surface area contributed by atoms with Crippen molar-refractivity contribution in [2.75, 3.05) is 33.5 Å². The van der Waals surface area contributed by atoms with Gasteiger partial charge in [0.05, 0.1) is 13.3 Å². The number of carboxylic acid groups (broad SMARTS) is 1. The van der Waals surface area contributed by atoms with E-state index in [4.69, 9.17) is 5.11 Å². The van der Waals surface area contributed by atoms with Crippen LogP contribution in [0.4, 0.5) is 4.79 Å². The Morgan fingerprint density at radius 3 is 2.47 bits per heavy atom. The highest BCUT2D eigenvalue weighted by molar-refractivity contribution is 5.95. The number of piperidine rings is 1. The fourth-order valence-corrected chi connectivity index (χ4v) is 4.53. The Hall–Kier alpha value is -2.45. The first-order valence-electron chi connectivity index (χ1n) is 10.8. The summed E-state index contributed by atoms with van der Waals surface area (Å²) in [5.41, 5.74) is 0.899. The fraction of sp³-hybridized carbons (Fsp3) is 0.762. The van der Waals surface area contributed by atoms with Crippen molar-refractivity contribution in [2.45, 2.75) is 65.0 Å². The normalized spacial score (nSPS) is 21.1. The average Bonchev–Trinajstić information content (AvgIpc) is 3.16. The predicted octanol–water partition coefficient (Wildman–Crippen LogP) is 1.68. The van der Waals surface area contributed by atoms with E-state index in [0.717, 1.165) is 38.0 Å². The van der Waals surface area contributed by atoms with Gasteiger partial charge in [-0.25, -0.2) is 4.79 Å². The molecule has 168 valence electrons. The van der Waals surface area contributed by atoms with E-state index in [0.29, 0.717) is 26.2 Å². The third-order valence-corrected chi connectivity index (χ3v) is 6.11. The summed E-state index contributed by atoms with van der Waals surface area (Å²) in [6.45, 7) is 8.83. The lowest BCUT2D eigenvalue weighted by Gasteiger charge is -2.38. The Bertz CT molecular complexity index is 709. The van der Waals surface area contributed by atoms with E-state index in [2.05, 4.69) is 31.0 Å². The lowest BCUT2D eigenvalue weighted by atomic mass is 9.89. The van der Waals surface area contributed by atoms with E-state index < -0.39 is 12.1 Å². The van der Waals surface area contributed by atoms with Gasteiger partial charge in [0.2, 0.25) is 5.91 Å². The van der Waals surface area contributed by atoms with Gasteiger partial charge in [-0.2, -0.15) is 0 Å². The van der Waals surface area contributed by atoms with Crippen molar-refractivity contribution in [1.82, 2.24) is 24.9 Å². The molecule has 9 nitrogen and oxygen atoms in total. The molecule has 3 aliphatic rings. The minimum Gasteiger partial charge on any atom is -0.465 e. The van der Waals surface area contributed by atoms with Crippen LogP contribution in [0.2, 0.25) is 0 Å². The molecule has 3 aliphatic heterocycles. The molecule has 0 spiro atoms. The molecule has 0 aromatic heterocycles. The lowest BCUT2D eigenvalue weighted by Crippen LogP contribution is -2.53. The number of hydrogen-bond donors (Lipinski definition) is 2. The van der Waals surface area contributed by atoms with Gasteiger partial charge in [0, 0.05) is 32.4 Å². The van der Waals surface area contributed by atoms with Gasteiger partial charge in [0.15, 0.2) is 0 Å². The minimum atomic E-state index is -1.17. The first-order valence-corrected chi connectivity index (χ1v) is 10.8. The van der Waals surface area contributed by atoms with Gasteiger partial charge in [-0.3, -0.25) is 9.59 Å². The molecular weight excluding hydrogens is 386 g/mol. The Morgan fingerprint density at radius 2 is 1.90 bits per heavy atom. The number of carbonyl (C=O) groups is 3. The molecule has 3 heterocycles. The summed E-state index contributed by atoms with van der Waals surface area (Å²) in [5, 5.41) is 11.6. The molecule has 1 atom stereocenters. The zero-order chi connectivity index (χ0) is 22.1. The number of rotatable bonds is 6. The van der Waals surface area contributed by atoms with Crippen LogP contribution in [0.1, 0.15) is 52.9 Å². The summed E-state index contributed by atoms with van der Waals surface area (Å²) in [4.78, 5) is 44.6. The number of amides is 3. The van der Waals surface area contributed by atoms with Crippen molar-refractivity contribution in [3.05, 3.63) is 11.9 Å². The quantitative estimate of drug-likeness (QED) is 0.677. The van der Waals surface area contributed by atoms with Crippen LogP contribution >= 0.6 is 0 Å². The van der Waals surface area contributed by atoms with Crippen molar-refractivity contribution in [3.8, 4) is 0 Å². The summed E-state index contributed by atoms with van der Waals surface area (Å²) in [6.07, 6.45) is 4.38. The molecule has 2 fully saturated rings.